The maximum absolute atomic E-state index is 11.9. The van der Waals surface area contributed by atoms with Gasteiger partial charge in [0, 0.05) is 19.1 Å². The zero-order chi connectivity index (χ0) is 12.0. The van der Waals surface area contributed by atoms with Gasteiger partial charge in [-0.1, -0.05) is 13.8 Å². The molecule has 1 rings (SSSR count). The molecular formula is C13H26N2O. The van der Waals surface area contributed by atoms with Gasteiger partial charge in [0.25, 0.3) is 0 Å². The SMILES string of the molecule is CC(C)CCCNC(=O)N1CCCC[C@H]1C. The van der Waals surface area contributed by atoms with E-state index in [2.05, 4.69) is 26.1 Å². The maximum Gasteiger partial charge on any atom is 0.317 e. The fourth-order valence-corrected chi connectivity index (χ4v) is 2.21. The van der Waals surface area contributed by atoms with Gasteiger partial charge in [-0.25, -0.2) is 4.79 Å². The molecular weight excluding hydrogens is 200 g/mol. The van der Waals surface area contributed by atoms with Gasteiger partial charge in [-0.05, 0) is 44.9 Å². The van der Waals surface area contributed by atoms with Crippen molar-refractivity contribution >= 4 is 6.03 Å². The standard InChI is InChI=1S/C13H26N2O/c1-11(2)7-6-9-14-13(16)15-10-5-4-8-12(15)3/h11-12H,4-10H2,1-3H3,(H,14,16)/t12-/m1/s1. The van der Waals surface area contributed by atoms with Gasteiger partial charge in [0.1, 0.15) is 0 Å². The minimum atomic E-state index is 0.135. The molecule has 0 bridgehead atoms. The summed E-state index contributed by atoms with van der Waals surface area (Å²) in [7, 11) is 0. The van der Waals surface area contributed by atoms with Crippen LogP contribution in [0.4, 0.5) is 4.79 Å². The third-order valence-electron chi connectivity index (χ3n) is 3.30. The maximum atomic E-state index is 11.9. The second kappa shape index (κ2) is 6.77. The van der Waals surface area contributed by atoms with Gasteiger partial charge >= 0.3 is 6.03 Å². The van der Waals surface area contributed by atoms with Crippen LogP contribution in [0.1, 0.15) is 52.9 Å². The molecule has 0 saturated carbocycles. The minimum absolute atomic E-state index is 0.135. The molecule has 0 aromatic rings. The van der Waals surface area contributed by atoms with Crippen molar-refractivity contribution in [2.75, 3.05) is 13.1 Å². The first-order valence-electron chi connectivity index (χ1n) is 6.65. The number of hydrogen-bond acceptors (Lipinski definition) is 1. The summed E-state index contributed by atoms with van der Waals surface area (Å²) in [6, 6.07) is 0.551. The fourth-order valence-electron chi connectivity index (χ4n) is 2.21. The fraction of sp³-hybridized carbons (Fsp3) is 0.923. The van der Waals surface area contributed by atoms with Crippen LogP contribution in [-0.2, 0) is 0 Å². The summed E-state index contributed by atoms with van der Waals surface area (Å²) in [5, 5.41) is 3.03. The predicted octanol–water partition coefficient (Wildman–Crippen LogP) is 3.01. The normalized spacial score (nSPS) is 21.2. The van der Waals surface area contributed by atoms with Crippen molar-refractivity contribution in [1.82, 2.24) is 10.2 Å². The number of piperidine rings is 1. The van der Waals surface area contributed by atoms with Crippen molar-refractivity contribution in [3.63, 3.8) is 0 Å². The molecule has 0 aromatic carbocycles. The summed E-state index contributed by atoms with van der Waals surface area (Å²) < 4.78 is 0. The number of amides is 2. The molecule has 0 spiro atoms. The molecule has 1 fully saturated rings. The number of carbonyl (C=O) groups excluding carboxylic acids is 1. The van der Waals surface area contributed by atoms with E-state index in [1.54, 1.807) is 0 Å². The molecule has 3 heteroatoms. The molecule has 3 nitrogen and oxygen atoms in total. The smallest absolute Gasteiger partial charge is 0.317 e. The van der Waals surface area contributed by atoms with E-state index >= 15 is 0 Å². The van der Waals surface area contributed by atoms with E-state index in [1.165, 1.54) is 12.8 Å². The van der Waals surface area contributed by atoms with Gasteiger partial charge in [-0.15, -0.1) is 0 Å². The van der Waals surface area contributed by atoms with Gasteiger partial charge in [0.2, 0.25) is 0 Å². The third-order valence-corrected chi connectivity index (χ3v) is 3.30. The van der Waals surface area contributed by atoms with Crippen molar-refractivity contribution in [2.45, 2.75) is 58.9 Å². The Hall–Kier alpha value is -0.730. The number of urea groups is 1. The monoisotopic (exact) mass is 226 g/mol. The van der Waals surface area contributed by atoms with E-state index in [4.69, 9.17) is 0 Å². The number of carbonyl (C=O) groups is 1. The Balaban J connectivity index is 2.18. The van der Waals surface area contributed by atoms with E-state index in [-0.39, 0.29) is 6.03 Å². The van der Waals surface area contributed by atoms with Gasteiger partial charge in [0.05, 0.1) is 0 Å². The predicted molar refractivity (Wildman–Crippen MR) is 67.5 cm³/mol. The first-order chi connectivity index (χ1) is 7.61. The van der Waals surface area contributed by atoms with E-state index < -0.39 is 0 Å². The van der Waals surface area contributed by atoms with Crippen molar-refractivity contribution in [2.24, 2.45) is 5.92 Å². The molecule has 0 unspecified atom stereocenters. The van der Waals surface area contributed by atoms with Gasteiger partial charge < -0.3 is 10.2 Å². The van der Waals surface area contributed by atoms with Gasteiger partial charge in [-0.3, -0.25) is 0 Å². The molecule has 0 aromatic heterocycles. The van der Waals surface area contributed by atoms with Gasteiger partial charge in [0.15, 0.2) is 0 Å². The van der Waals surface area contributed by atoms with Crippen LogP contribution in [0.25, 0.3) is 0 Å². The highest BCUT2D eigenvalue weighted by molar-refractivity contribution is 5.74. The second-order valence-corrected chi connectivity index (χ2v) is 5.31. The van der Waals surface area contributed by atoms with E-state index in [0.717, 1.165) is 38.3 Å². The minimum Gasteiger partial charge on any atom is -0.338 e. The first-order valence-corrected chi connectivity index (χ1v) is 6.65. The molecule has 16 heavy (non-hydrogen) atoms. The van der Waals surface area contributed by atoms with Crippen LogP contribution in [-0.4, -0.2) is 30.1 Å². The molecule has 1 saturated heterocycles. The Morgan fingerprint density at radius 1 is 1.44 bits per heavy atom. The number of rotatable bonds is 4. The van der Waals surface area contributed by atoms with Crippen molar-refractivity contribution in [1.29, 1.82) is 0 Å². The van der Waals surface area contributed by atoms with Crippen LogP contribution in [0.3, 0.4) is 0 Å². The highest BCUT2D eigenvalue weighted by Crippen LogP contribution is 2.16. The lowest BCUT2D eigenvalue weighted by Gasteiger charge is -2.33. The van der Waals surface area contributed by atoms with Crippen molar-refractivity contribution < 1.29 is 4.79 Å². The molecule has 1 heterocycles. The molecule has 0 aliphatic carbocycles. The molecule has 1 N–H and O–H groups in total. The summed E-state index contributed by atoms with van der Waals surface area (Å²) in [5.41, 5.74) is 0. The zero-order valence-electron chi connectivity index (χ0n) is 11.0. The largest absolute Gasteiger partial charge is 0.338 e. The van der Waals surface area contributed by atoms with Crippen molar-refractivity contribution in [3.05, 3.63) is 0 Å². The van der Waals surface area contributed by atoms with Crippen LogP contribution in [0, 0.1) is 5.92 Å². The second-order valence-electron chi connectivity index (χ2n) is 5.31. The quantitative estimate of drug-likeness (QED) is 0.734. The average Bonchev–Trinajstić information content (AvgIpc) is 2.24. The lowest BCUT2D eigenvalue weighted by atomic mass is 10.0. The zero-order valence-corrected chi connectivity index (χ0v) is 11.0. The first kappa shape index (κ1) is 13.3. The van der Waals surface area contributed by atoms with E-state index in [1.807, 2.05) is 4.90 Å². The number of likely N-dealkylation sites (tertiary alicyclic amines) is 1. The Morgan fingerprint density at radius 2 is 2.19 bits per heavy atom. The number of nitrogens with zero attached hydrogens (tertiary/aromatic N) is 1. The summed E-state index contributed by atoms with van der Waals surface area (Å²) in [6.45, 7) is 8.33. The van der Waals surface area contributed by atoms with Crippen LogP contribution in [0.2, 0.25) is 0 Å². The summed E-state index contributed by atoms with van der Waals surface area (Å²) in [5.74, 6) is 0.728. The molecule has 94 valence electrons. The molecule has 1 aliphatic rings. The lowest BCUT2D eigenvalue weighted by Crippen LogP contribution is -2.47. The third kappa shape index (κ3) is 4.42. The summed E-state index contributed by atoms with van der Waals surface area (Å²) in [6.07, 6.45) is 5.85. The summed E-state index contributed by atoms with van der Waals surface area (Å²) >= 11 is 0. The van der Waals surface area contributed by atoms with Crippen LogP contribution < -0.4 is 5.32 Å². The molecule has 1 aliphatic heterocycles. The average molecular weight is 226 g/mol. The Bertz CT molecular complexity index is 216. The number of nitrogens with one attached hydrogen (secondary N) is 1. The Morgan fingerprint density at radius 3 is 2.81 bits per heavy atom. The topological polar surface area (TPSA) is 32.3 Å². The highest BCUT2D eigenvalue weighted by Gasteiger charge is 2.22. The van der Waals surface area contributed by atoms with Gasteiger partial charge in [-0.2, -0.15) is 0 Å². The van der Waals surface area contributed by atoms with Crippen LogP contribution in [0.15, 0.2) is 0 Å². The lowest BCUT2D eigenvalue weighted by molar-refractivity contribution is 0.158. The summed E-state index contributed by atoms with van der Waals surface area (Å²) in [4.78, 5) is 13.9. The molecule has 0 radical (unpaired) electrons. The Labute approximate surface area is 99.6 Å². The van der Waals surface area contributed by atoms with E-state index in [9.17, 15) is 4.79 Å². The molecule has 1 atom stereocenters. The highest BCUT2D eigenvalue weighted by atomic mass is 16.2. The Kier molecular flexibility index (Phi) is 5.64. The van der Waals surface area contributed by atoms with Crippen LogP contribution >= 0.6 is 0 Å². The number of hydrogen-bond donors (Lipinski definition) is 1. The van der Waals surface area contributed by atoms with Crippen LogP contribution in [0.5, 0.6) is 0 Å². The van der Waals surface area contributed by atoms with Crippen molar-refractivity contribution in [3.8, 4) is 0 Å². The molecule has 2 amide bonds. The van der Waals surface area contributed by atoms with E-state index in [0.29, 0.717) is 6.04 Å².